The quantitative estimate of drug-likeness (QED) is 0.729. The minimum absolute atomic E-state index is 0.233. The molecule has 0 bridgehead atoms. The minimum Gasteiger partial charge on any atom is -0.312 e. The lowest BCUT2D eigenvalue weighted by Crippen LogP contribution is -2.24. The second-order valence-corrected chi connectivity index (χ2v) is 3.46. The molecule has 1 amide bonds. The van der Waals surface area contributed by atoms with Crippen molar-refractivity contribution in [3.8, 4) is 0 Å². The summed E-state index contributed by atoms with van der Waals surface area (Å²) >= 11 is 0. The van der Waals surface area contributed by atoms with Crippen LogP contribution in [0.5, 0.6) is 0 Å². The molecule has 0 atom stereocenters. The molecule has 1 rings (SSSR count). The summed E-state index contributed by atoms with van der Waals surface area (Å²) in [6.07, 6.45) is 4.96. The van der Waals surface area contributed by atoms with Crippen LogP contribution in [0.3, 0.4) is 0 Å². The number of nitrogens with zero attached hydrogens (tertiary/aromatic N) is 1. The maximum atomic E-state index is 12.7. The molecule has 3 heteroatoms. The zero-order valence-corrected chi connectivity index (χ0v) is 9.69. The van der Waals surface area contributed by atoms with Gasteiger partial charge in [0.25, 0.3) is 5.91 Å². The number of benzene rings is 1. The molecule has 88 valence electrons. The third-order valence-electron chi connectivity index (χ3n) is 2.25. The summed E-state index contributed by atoms with van der Waals surface area (Å²) in [5.74, 6) is -0.599. The van der Waals surface area contributed by atoms with Crippen molar-refractivity contribution in [2.24, 2.45) is 0 Å². The molecule has 0 unspecified atom stereocenters. The third kappa shape index (κ3) is 3.41. The molecular formula is C14H14FNO. The average molecular weight is 231 g/mol. The van der Waals surface area contributed by atoms with Gasteiger partial charge in [-0.05, 0) is 30.3 Å². The number of hydrogen-bond donors (Lipinski definition) is 0. The van der Waals surface area contributed by atoms with Crippen molar-refractivity contribution >= 4 is 5.91 Å². The summed E-state index contributed by atoms with van der Waals surface area (Å²) in [6.45, 7) is 7.28. The monoisotopic (exact) mass is 231 g/mol. The van der Waals surface area contributed by atoms with Crippen LogP contribution in [-0.2, 0) is 0 Å². The second kappa shape index (κ2) is 5.80. The number of amides is 1. The summed E-state index contributed by atoms with van der Waals surface area (Å²) in [7, 11) is 1.61. The summed E-state index contributed by atoms with van der Waals surface area (Å²) < 4.78 is 12.7. The molecule has 0 saturated heterocycles. The fourth-order valence-corrected chi connectivity index (χ4v) is 1.21. The van der Waals surface area contributed by atoms with Crippen LogP contribution in [0.2, 0.25) is 0 Å². The summed E-state index contributed by atoms with van der Waals surface area (Å²) in [4.78, 5) is 13.3. The average Bonchev–Trinajstić information content (AvgIpc) is 2.35. The van der Waals surface area contributed by atoms with E-state index in [4.69, 9.17) is 0 Å². The first-order valence-corrected chi connectivity index (χ1v) is 5.08. The molecule has 0 radical (unpaired) electrons. The van der Waals surface area contributed by atoms with Crippen LogP contribution in [0.1, 0.15) is 10.4 Å². The first kappa shape index (κ1) is 12.9. The van der Waals surface area contributed by atoms with Crippen LogP contribution >= 0.6 is 0 Å². The number of carbonyl (C=O) groups excluding carboxylic acids is 1. The minimum atomic E-state index is -0.366. The van der Waals surface area contributed by atoms with E-state index in [0.717, 1.165) is 0 Å². The van der Waals surface area contributed by atoms with Crippen molar-refractivity contribution < 1.29 is 9.18 Å². The Morgan fingerprint density at radius 3 is 2.47 bits per heavy atom. The highest BCUT2D eigenvalue weighted by Gasteiger charge is 2.12. The highest BCUT2D eigenvalue weighted by atomic mass is 19.1. The molecule has 0 aliphatic carbocycles. The Kier molecular flexibility index (Phi) is 4.40. The van der Waals surface area contributed by atoms with E-state index >= 15 is 0 Å². The van der Waals surface area contributed by atoms with E-state index in [-0.39, 0.29) is 11.7 Å². The van der Waals surface area contributed by atoms with Crippen LogP contribution in [0.15, 0.2) is 61.3 Å². The first-order chi connectivity index (χ1) is 8.06. The largest absolute Gasteiger partial charge is 0.312 e. The fourth-order valence-electron chi connectivity index (χ4n) is 1.21. The van der Waals surface area contributed by atoms with Gasteiger partial charge in [0.1, 0.15) is 5.82 Å². The van der Waals surface area contributed by atoms with E-state index in [0.29, 0.717) is 11.3 Å². The Labute approximate surface area is 100 Å². The Hall–Kier alpha value is -2.16. The summed E-state index contributed by atoms with van der Waals surface area (Å²) in [5, 5.41) is 0. The van der Waals surface area contributed by atoms with Crippen molar-refractivity contribution in [1.29, 1.82) is 0 Å². The molecule has 0 aliphatic heterocycles. The van der Waals surface area contributed by atoms with Crippen LogP contribution in [0.25, 0.3) is 0 Å². The molecule has 0 N–H and O–H groups in total. The van der Waals surface area contributed by atoms with Crippen LogP contribution in [0, 0.1) is 5.82 Å². The van der Waals surface area contributed by atoms with E-state index in [2.05, 4.69) is 13.2 Å². The van der Waals surface area contributed by atoms with Gasteiger partial charge in [-0.25, -0.2) is 4.39 Å². The number of likely N-dealkylation sites (N-methyl/N-ethyl adjacent to an activating group) is 1. The molecule has 1 aromatic carbocycles. The maximum Gasteiger partial charge on any atom is 0.257 e. The van der Waals surface area contributed by atoms with Gasteiger partial charge in [0.15, 0.2) is 0 Å². The van der Waals surface area contributed by atoms with Gasteiger partial charge in [0.05, 0.1) is 0 Å². The fraction of sp³-hybridized carbons (Fsp3) is 0.0714. The van der Waals surface area contributed by atoms with E-state index in [1.807, 2.05) is 0 Å². The van der Waals surface area contributed by atoms with Crippen molar-refractivity contribution in [2.45, 2.75) is 0 Å². The molecule has 0 aromatic heterocycles. The second-order valence-electron chi connectivity index (χ2n) is 3.46. The zero-order valence-electron chi connectivity index (χ0n) is 9.69. The van der Waals surface area contributed by atoms with Crippen molar-refractivity contribution in [3.63, 3.8) is 0 Å². The van der Waals surface area contributed by atoms with E-state index in [9.17, 15) is 9.18 Å². The molecule has 0 heterocycles. The standard InChI is InChI=1S/C14H14FNO/c1-4-5-6-11(2)16(3)14(17)12-7-9-13(15)10-8-12/h4-10H,1-2H2,3H3/b6-5-. The first-order valence-electron chi connectivity index (χ1n) is 5.08. The van der Waals surface area contributed by atoms with Crippen molar-refractivity contribution in [2.75, 3.05) is 7.05 Å². The van der Waals surface area contributed by atoms with Gasteiger partial charge >= 0.3 is 0 Å². The molecule has 17 heavy (non-hydrogen) atoms. The number of carbonyl (C=O) groups is 1. The Morgan fingerprint density at radius 2 is 1.94 bits per heavy atom. The normalized spacial score (nSPS) is 10.2. The van der Waals surface area contributed by atoms with Crippen molar-refractivity contribution in [3.05, 3.63) is 72.7 Å². The SMILES string of the molecule is C=C/C=C\C(=C)N(C)C(=O)c1ccc(F)cc1. The van der Waals surface area contributed by atoms with Crippen LogP contribution < -0.4 is 0 Å². The van der Waals surface area contributed by atoms with Gasteiger partial charge in [0.2, 0.25) is 0 Å². The van der Waals surface area contributed by atoms with E-state index in [1.54, 1.807) is 25.3 Å². The van der Waals surface area contributed by atoms with Gasteiger partial charge in [-0.15, -0.1) is 0 Å². The highest BCUT2D eigenvalue weighted by molar-refractivity contribution is 5.95. The van der Waals surface area contributed by atoms with Gasteiger partial charge < -0.3 is 4.90 Å². The lowest BCUT2D eigenvalue weighted by Gasteiger charge is -2.17. The predicted octanol–water partition coefficient (Wildman–Crippen LogP) is 3.15. The van der Waals surface area contributed by atoms with Crippen molar-refractivity contribution in [1.82, 2.24) is 4.90 Å². The lowest BCUT2D eigenvalue weighted by molar-refractivity contribution is 0.0841. The van der Waals surface area contributed by atoms with Gasteiger partial charge in [-0.3, -0.25) is 4.79 Å². The smallest absolute Gasteiger partial charge is 0.257 e. The van der Waals surface area contributed by atoms with Gasteiger partial charge in [-0.2, -0.15) is 0 Å². The van der Waals surface area contributed by atoms with Gasteiger partial charge in [-0.1, -0.05) is 25.3 Å². The Morgan fingerprint density at radius 1 is 1.35 bits per heavy atom. The summed E-state index contributed by atoms with van der Waals surface area (Å²) in [5.41, 5.74) is 0.960. The zero-order chi connectivity index (χ0) is 12.8. The third-order valence-corrected chi connectivity index (χ3v) is 2.25. The molecule has 0 aliphatic rings. The molecule has 2 nitrogen and oxygen atoms in total. The number of hydrogen-bond acceptors (Lipinski definition) is 1. The lowest BCUT2D eigenvalue weighted by atomic mass is 10.2. The Balaban J connectivity index is 2.82. The summed E-state index contributed by atoms with van der Waals surface area (Å²) in [6, 6.07) is 5.39. The number of halogens is 1. The molecule has 0 fully saturated rings. The highest BCUT2D eigenvalue weighted by Crippen LogP contribution is 2.10. The van der Waals surface area contributed by atoms with E-state index < -0.39 is 0 Å². The topological polar surface area (TPSA) is 20.3 Å². The predicted molar refractivity (Wildman–Crippen MR) is 67.0 cm³/mol. The van der Waals surface area contributed by atoms with Crippen LogP contribution in [0.4, 0.5) is 4.39 Å². The van der Waals surface area contributed by atoms with Gasteiger partial charge in [0, 0.05) is 18.3 Å². The number of allylic oxidation sites excluding steroid dienone is 3. The van der Waals surface area contributed by atoms with Crippen LogP contribution in [-0.4, -0.2) is 17.9 Å². The maximum absolute atomic E-state index is 12.7. The molecular weight excluding hydrogens is 217 g/mol. The van der Waals surface area contributed by atoms with E-state index in [1.165, 1.54) is 29.2 Å². The Bertz CT molecular complexity index is 460. The number of rotatable bonds is 4. The molecule has 0 saturated carbocycles. The molecule has 0 spiro atoms. The molecule has 1 aromatic rings.